The van der Waals surface area contributed by atoms with E-state index in [-0.39, 0.29) is 16.9 Å². The summed E-state index contributed by atoms with van der Waals surface area (Å²) in [5.41, 5.74) is 6.27. The summed E-state index contributed by atoms with van der Waals surface area (Å²) < 4.78 is 0. The van der Waals surface area contributed by atoms with Crippen molar-refractivity contribution in [1.82, 2.24) is 0 Å². The van der Waals surface area contributed by atoms with Gasteiger partial charge in [0.1, 0.15) is 5.78 Å². The molecule has 0 radical (unpaired) electrons. The topological polar surface area (TPSA) is 63.3 Å². The maximum atomic E-state index is 12.2. The Morgan fingerprint density at radius 3 is 2.62 bits per heavy atom. The summed E-state index contributed by atoms with van der Waals surface area (Å²) in [6.07, 6.45) is 8.05. The molecule has 3 nitrogen and oxygen atoms in total. The zero-order chi connectivity index (χ0) is 15.3. The van der Waals surface area contributed by atoms with Gasteiger partial charge in [-0.1, -0.05) is 13.8 Å². The average molecular weight is 293 g/mol. The van der Waals surface area contributed by atoms with Crippen LogP contribution in [0.4, 0.5) is 0 Å². The van der Waals surface area contributed by atoms with E-state index in [1.54, 1.807) is 0 Å². The second-order valence-electron chi connectivity index (χ2n) is 8.41. The Hall–Kier alpha value is -0.410. The van der Waals surface area contributed by atoms with Crippen molar-refractivity contribution < 1.29 is 9.90 Å². The smallest absolute Gasteiger partial charge is 0.139 e. The number of carbonyl (C=O) groups excluding carboxylic acids is 1. The third-order valence-electron chi connectivity index (χ3n) is 7.56. The molecule has 0 amide bonds. The molecule has 3 fully saturated rings. The summed E-state index contributed by atoms with van der Waals surface area (Å²) >= 11 is 0. The Labute approximate surface area is 128 Å². The predicted octanol–water partition coefficient (Wildman–Crippen LogP) is 2.90. The van der Waals surface area contributed by atoms with Crippen LogP contribution in [0.15, 0.2) is 0 Å². The van der Waals surface area contributed by atoms with Crippen molar-refractivity contribution in [2.45, 2.75) is 71.3 Å². The van der Waals surface area contributed by atoms with E-state index in [2.05, 4.69) is 13.8 Å². The zero-order valence-corrected chi connectivity index (χ0v) is 13.6. The number of Topliss-reactive ketones (excluding diaryl/α,β-unsaturated/α-hetero) is 1. The Balaban J connectivity index is 1.77. The highest BCUT2D eigenvalue weighted by Gasteiger charge is 2.53. The molecule has 0 spiro atoms. The summed E-state index contributed by atoms with van der Waals surface area (Å²) in [4.78, 5) is 12.2. The molecule has 0 aromatic carbocycles. The summed E-state index contributed by atoms with van der Waals surface area (Å²) in [5.74, 6) is 2.21. The molecule has 3 N–H and O–H groups in total. The van der Waals surface area contributed by atoms with Crippen LogP contribution in [0.5, 0.6) is 0 Å². The van der Waals surface area contributed by atoms with Gasteiger partial charge >= 0.3 is 0 Å². The highest BCUT2D eigenvalue weighted by molar-refractivity contribution is 5.87. The van der Waals surface area contributed by atoms with Crippen molar-refractivity contribution in [3.8, 4) is 0 Å². The number of aliphatic hydroxyl groups is 1. The number of carbonyl (C=O) groups is 1. The first kappa shape index (κ1) is 15.5. The molecule has 6 atom stereocenters. The van der Waals surface area contributed by atoms with Crippen LogP contribution in [-0.2, 0) is 4.79 Å². The number of aliphatic hydroxyl groups excluding tert-OH is 1. The molecule has 3 rings (SSSR count). The first-order valence-electron chi connectivity index (χ1n) is 8.81. The van der Waals surface area contributed by atoms with Gasteiger partial charge in [0.05, 0.1) is 6.10 Å². The molecule has 0 saturated heterocycles. The van der Waals surface area contributed by atoms with E-state index < -0.39 is 0 Å². The van der Waals surface area contributed by atoms with Gasteiger partial charge in [0, 0.05) is 11.8 Å². The monoisotopic (exact) mass is 293 g/mol. The van der Waals surface area contributed by atoms with Crippen LogP contribution < -0.4 is 5.73 Å². The molecular formula is C18H31NO2. The number of nitrogens with two attached hydrogens (primary N) is 1. The lowest BCUT2D eigenvalue weighted by Gasteiger charge is -2.52. The molecule has 120 valence electrons. The van der Waals surface area contributed by atoms with E-state index in [9.17, 15) is 9.90 Å². The quantitative estimate of drug-likeness (QED) is 0.823. The molecule has 0 heterocycles. The van der Waals surface area contributed by atoms with Crippen molar-refractivity contribution in [3.63, 3.8) is 0 Å². The van der Waals surface area contributed by atoms with Crippen LogP contribution in [-0.4, -0.2) is 23.5 Å². The van der Waals surface area contributed by atoms with Gasteiger partial charge in [0.25, 0.3) is 0 Å². The summed E-state index contributed by atoms with van der Waals surface area (Å²) in [7, 11) is 0. The maximum absolute atomic E-state index is 12.2. The Kier molecular flexibility index (Phi) is 3.94. The van der Waals surface area contributed by atoms with Gasteiger partial charge in [-0.3, -0.25) is 4.79 Å². The molecule has 0 aromatic heterocycles. The van der Waals surface area contributed by atoms with Gasteiger partial charge in [-0.05, 0) is 74.7 Å². The SMILES string of the molecule is C[C@]12CCC([C@@]3(C)CC[C@H](O)C[C@@H]3CN)CC1CCC2=O. The lowest BCUT2D eigenvalue weighted by Crippen LogP contribution is -2.48. The van der Waals surface area contributed by atoms with E-state index >= 15 is 0 Å². The molecule has 3 saturated carbocycles. The predicted molar refractivity (Wildman–Crippen MR) is 83.7 cm³/mol. The second-order valence-corrected chi connectivity index (χ2v) is 8.41. The number of ketones is 1. The number of fused-ring (bicyclic) bond motifs is 1. The van der Waals surface area contributed by atoms with E-state index in [1.165, 1.54) is 12.8 Å². The van der Waals surface area contributed by atoms with Crippen molar-refractivity contribution >= 4 is 5.78 Å². The van der Waals surface area contributed by atoms with E-state index in [1.807, 2.05) is 0 Å². The minimum absolute atomic E-state index is 0.0285. The minimum atomic E-state index is -0.159. The van der Waals surface area contributed by atoms with Crippen LogP contribution in [0.2, 0.25) is 0 Å². The molecule has 3 aliphatic carbocycles. The van der Waals surface area contributed by atoms with Gasteiger partial charge < -0.3 is 10.8 Å². The van der Waals surface area contributed by atoms with Gasteiger partial charge in [-0.25, -0.2) is 0 Å². The Bertz CT molecular complexity index is 423. The van der Waals surface area contributed by atoms with Crippen LogP contribution in [0, 0.1) is 28.6 Å². The highest BCUT2D eigenvalue weighted by atomic mass is 16.3. The van der Waals surface area contributed by atoms with Crippen molar-refractivity contribution in [3.05, 3.63) is 0 Å². The molecule has 0 aromatic rings. The fourth-order valence-corrected chi connectivity index (χ4v) is 5.69. The average Bonchev–Trinajstić information content (AvgIpc) is 2.77. The van der Waals surface area contributed by atoms with E-state index in [4.69, 9.17) is 5.73 Å². The minimum Gasteiger partial charge on any atom is -0.393 e. The summed E-state index contributed by atoms with van der Waals surface area (Å²) in [5, 5.41) is 9.97. The number of hydrogen-bond acceptors (Lipinski definition) is 3. The first-order valence-corrected chi connectivity index (χ1v) is 8.81. The van der Waals surface area contributed by atoms with Crippen molar-refractivity contribution in [1.29, 1.82) is 0 Å². The van der Waals surface area contributed by atoms with E-state index in [0.29, 0.717) is 30.1 Å². The standard InChI is InChI=1S/C18H31NO2/c1-17(8-6-15(20)10-14(17)11-19)13-5-7-18(2)12(9-13)3-4-16(18)21/h12-15,20H,3-11,19H2,1-2H3/t12?,13?,14-,15+,17-,18+/m1/s1. The van der Waals surface area contributed by atoms with E-state index in [0.717, 1.165) is 38.5 Å². The van der Waals surface area contributed by atoms with Gasteiger partial charge in [-0.15, -0.1) is 0 Å². The van der Waals surface area contributed by atoms with Crippen LogP contribution in [0.3, 0.4) is 0 Å². The largest absolute Gasteiger partial charge is 0.393 e. The normalized spacial score (nSPS) is 51.0. The fraction of sp³-hybridized carbons (Fsp3) is 0.944. The Morgan fingerprint density at radius 1 is 1.14 bits per heavy atom. The number of hydrogen-bond donors (Lipinski definition) is 2. The first-order chi connectivity index (χ1) is 9.90. The molecule has 3 heteroatoms. The van der Waals surface area contributed by atoms with Gasteiger partial charge in [-0.2, -0.15) is 0 Å². The third kappa shape index (κ3) is 2.37. The lowest BCUT2D eigenvalue weighted by atomic mass is 9.53. The summed E-state index contributed by atoms with van der Waals surface area (Å²) in [6, 6.07) is 0. The van der Waals surface area contributed by atoms with Crippen LogP contribution in [0.1, 0.15) is 65.2 Å². The van der Waals surface area contributed by atoms with Gasteiger partial charge in [0.2, 0.25) is 0 Å². The molecule has 0 bridgehead atoms. The molecule has 2 unspecified atom stereocenters. The fourth-order valence-electron chi connectivity index (χ4n) is 5.69. The maximum Gasteiger partial charge on any atom is 0.139 e. The zero-order valence-electron chi connectivity index (χ0n) is 13.6. The molecule has 0 aliphatic heterocycles. The molecule has 21 heavy (non-hydrogen) atoms. The Morgan fingerprint density at radius 2 is 1.90 bits per heavy atom. The third-order valence-corrected chi connectivity index (χ3v) is 7.56. The lowest BCUT2D eigenvalue weighted by molar-refractivity contribution is -0.130. The highest BCUT2D eigenvalue weighted by Crippen LogP contribution is 2.58. The summed E-state index contributed by atoms with van der Waals surface area (Å²) in [6.45, 7) is 5.29. The van der Waals surface area contributed by atoms with Crippen molar-refractivity contribution in [2.24, 2.45) is 34.3 Å². The molecule has 3 aliphatic rings. The van der Waals surface area contributed by atoms with Crippen LogP contribution >= 0.6 is 0 Å². The second kappa shape index (κ2) is 5.34. The number of rotatable bonds is 2. The van der Waals surface area contributed by atoms with Gasteiger partial charge in [0.15, 0.2) is 0 Å². The molecular weight excluding hydrogens is 262 g/mol. The van der Waals surface area contributed by atoms with Crippen LogP contribution in [0.25, 0.3) is 0 Å². The van der Waals surface area contributed by atoms with Crippen molar-refractivity contribution in [2.75, 3.05) is 6.54 Å².